The van der Waals surface area contributed by atoms with E-state index in [2.05, 4.69) is 161 Å². The quantitative estimate of drug-likeness (QED) is 0.143. The van der Waals surface area contributed by atoms with E-state index in [-0.39, 0.29) is 20.1 Å². The predicted molar refractivity (Wildman–Crippen MR) is 227 cm³/mol. The molecule has 7 rings (SSSR count). The van der Waals surface area contributed by atoms with Crippen molar-refractivity contribution in [1.29, 1.82) is 0 Å². The number of aromatic nitrogens is 3. The van der Waals surface area contributed by atoms with Gasteiger partial charge in [0.05, 0.1) is 11.3 Å². The molecule has 7 aromatic rings. The van der Waals surface area contributed by atoms with Crippen molar-refractivity contribution in [2.24, 2.45) is 11.8 Å². The van der Waals surface area contributed by atoms with Crippen LogP contribution in [0.15, 0.2) is 89.6 Å². The van der Waals surface area contributed by atoms with E-state index in [1.54, 1.807) is 0 Å². The fourth-order valence-corrected chi connectivity index (χ4v) is 7.76. The van der Waals surface area contributed by atoms with Crippen molar-refractivity contribution in [2.75, 3.05) is 0 Å². The van der Waals surface area contributed by atoms with E-state index >= 15 is 0 Å². The maximum Gasteiger partial charge on any atom is 0.216 e. The number of benzene rings is 3. The van der Waals surface area contributed by atoms with Crippen molar-refractivity contribution in [1.82, 2.24) is 15.0 Å². The molecule has 0 N–H and O–H groups in total. The van der Waals surface area contributed by atoms with E-state index in [1.165, 1.54) is 44.5 Å². The topological polar surface area (TPSA) is 51.8 Å². The minimum Gasteiger partial charge on any atom is -0.486 e. The molecule has 0 aliphatic carbocycles. The number of rotatable bonds is 8. The second-order valence-corrected chi connectivity index (χ2v) is 16.2. The molecule has 0 amide bonds. The first-order valence-electron chi connectivity index (χ1n) is 19.5. The third-order valence-electron chi connectivity index (χ3n) is 10.7. The third-order valence-corrected chi connectivity index (χ3v) is 10.7. The van der Waals surface area contributed by atoms with Crippen LogP contribution in [0.3, 0.4) is 0 Å². The Morgan fingerprint density at radius 2 is 1.25 bits per heavy atom. The second kappa shape index (κ2) is 17.6. The van der Waals surface area contributed by atoms with Gasteiger partial charge in [-0.3, -0.25) is 0 Å². The Balaban J connectivity index is 0.000000304. The molecule has 1 radical (unpaired) electrons. The van der Waals surface area contributed by atoms with Gasteiger partial charge in [-0.2, -0.15) is 0 Å². The van der Waals surface area contributed by atoms with Crippen LogP contribution in [0.1, 0.15) is 112 Å². The Morgan fingerprint density at radius 3 is 1.85 bits per heavy atom. The van der Waals surface area contributed by atoms with Gasteiger partial charge >= 0.3 is 0 Å². The summed E-state index contributed by atoms with van der Waals surface area (Å²) >= 11 is 0. The number of fused-ring (bicyclic) bond motifs is 3. The Bertz CT molecular complexity index is 2370. The van der Waals surface area contributed by atoms with Crippen LogP contribution < -0.4 is 0 Å². The molecule has 287 valence electrons. The minimum atomic E-state index is 0. The molecule has 55 heavy (non-hydrogen) atoms. The molecule has 4 heterocycles. The molecule has 0 fully saturated rings. The fraction of sp³-hybridized carbons (Fsp3) is 0.340. The smallest absolute Gasteiger partial charge is 0.216 e. The molecular formula is C50H55IrN3O-2. The molecule has 0 bridgehead atoms. The summed E-state index contributed by atoms with van der Waals surface area (Å²) in [6.07, 6.45) is 3.92. The zero-order valence-corrected chi connectivity index (χ0v) is 36.9. The van der Waals surface area contributed by atoms with Crippen LogP contribution in [-0.2, 0) is 20.1 Å². The molecule has 0 aliphatic heterocycles. The van der Waals surface area contributed by atoms with Crippen LogP contribution in [0.4, 0.5) is 0 Å². The Kier molecular flexibility index (Phi) is 13.3. The molecule has 4 aromatic heterocycles. The van der Waals surface area contributed by atoms with Gasteiger partial charge in [0.15, 0.2) is 0 Å². The summed E-state index contributed by atoms with van der Waals surface area (Å²) in [5, 5.41) is 2.07. The van der Waals surface area contributed by atoms with Crippen molar-refractivity contribution >= 4 is 22.1 Å². The van der Waals surface area contributed by atoms with Gasteiger partial charge in [-0.1, -0.05) is 109 Å². The Morgan fingerprint density at radius 1 is 0.600 bits per heavy atom. The van der Waals surface area contributed by atoms with Gasteiger partial charge in [-0.15, -0.1) is 53.6 Å². The Labute approximate surface area is 342 Å². The first-order chi connectivity index (χ1) is 25.7. The average Bonchev–Trinajstić information content (AvgIpc) is 3.52. The third kappa shape index (κ3) is 8.85. The summed E-state index contributed by atoms with van der Waals surface area (Å²) < 4.78 is 6.54. The molecule has 0 aliphatic rings. The number of furan rings is 1. The summed E-state index contributed by atoms with van der Waals surface area (Å²) in [6, 6.07) is 32.2. The van der Waals surface area contributed by atoms with Gasteiger partial charge in [0.2, 0.25) is 5.71 Å². The Hall–Kier alpha value is -4.44. The van der Waals surface area contributed by atoms with Crippen LogP contribution in [0.2, 0.25) is 0 Å². The molecular weight excluding hydrogens is 851 g/mol. The molecule has 0 spiro atoms. The number of aryl methyl sites for hydroxylation is 4. The molecule has 0 atom stereocenters. The normalized spacial score (nSPS) is 11.6. The van der Waals surface area contributed by atoms with Crippen molar-refractivity contribution < 1.29 is 24.5 Å². The SMILES string of the molecule is Cc1c[c-]c(-c2cc(C)c(C)cn2)cc1.Cc1cnc(-c2[c-]ccc3c2oc2nc(-c4c(C(C)C)cccc4C(C)C)ccc23)cc1C(C(C)C)C(C)C.[Ir]. The molecule has 0 saturated heterocycles. The van der Waals surface area contributed by atoms with Gasteiger partial charge in [0.1, 0.15) is 0 Å². The van der Waals surface area contributed by atoms with E-state index < -0.39 is 0 Å². The zero-order valence-electron chi connectivity index (χ0n) is 34.6. The van der Waals surface area contributed by atoms with Gasteiger partial charge in [0, 0.05) is 43.4 Å². The largest absolute Gasteiger partial charge is 0.486 e. The molecule has 5 heteroatoms. The molecule has 0 unspecified atom stereocenters. The van der Waals surface area contributed by atoms with Crippen molar-refractivity contribution in [2.45, 2.75) is 101 Å². The van der Waals surface area contributed by atoms with Crippen LogP contribution in [0.5, 0.6) is 0 Å². The van der Waals surface area contributed by atoms with Crippen molar-refractivity contribution in [3.63, 3.8) is 0 Å². The second-order valence-electron chi connectivity index (χ2n) is 16.2. The standard InChI is InChI=1S/C36H41N2O.C14H14N.Ir/c1-20(2)25-12-10-13-26(21(3)4)34(25)31-17-16-28-27-14-11-15-29(35(27)39-36(28)38-31)32-18-30(24(9)19-37-32)33(22(5)6)23(7)8;1-10-4-6-13(7-5-10)14-8-11(2)12(3)9-15-14;/h10-14,16-23,33H,1-9H3;4-6,8-9H,1-3H3;/q2*-1;. The first kappa shape index (κ1) is 41.7. The minimum absolute atomic E-state index is 0. The van der Waals surface area contributed by atoms with Crippen molar-refractivity contribution in [3.05, 3.63) is 136 Å². The van der Waals surface area contributed by atoms with Crippen LogP contribution in [0, 0.1) is 51.7 Å². The summed E-state index contributed by atoms with van der Waals surface area (Å²) in [5.41, 5.74) is 16.5. The maximum absolute atomic E-state index is 6.54. The molecule has 3 aromatic carbocycles. The van der Waals surface area contributed by atoms with E-state index in [1.807, 2.05) is 24.5 Å². The van der Waals surface area contributed by atoms with Crippen LogP contribution in [-0.4, -0.2) is 15.0 Å². The van der Waals surface area contributed by atoms with Crippen molar-refractivity contribution in [3.8, 4) is 33.8 Å². The summed E-state index contributed by atoms with van der Waals surface area (Å²) in [5.74, 6) is 2.33. The van der Waals surface area contributed by atoms with Gasteiger partial charge in [0.25, 0.3) is 0 Å². The van der Waals surface area contributed by atoms with Crippen LogP contribution >= 0.6 is 0 Å². The zero-order chi connectivity index (χ0) is 38.8. The number of pyridine rings is 3. The van der Waals surface area contributed by atoms with Gasteiger partial charge in [-0.05, 0) is 102 Å². The van der Waals surface area contributed by atoms with E-state index in [0.29, 0.717) is 35.3 Å². The summed E-state index contributed by atoms with van der Waals surface area (Å²) in [7, 11) is 0. The number of hydrogen-bond donors (Lipinski definition) is 0. The molecule has 0 saturated carbocycles. The van der Waals surface area contributed by atoms with E-state index in [0.717, 1.165) is 44.6 Å². The number of hydrogen-bond acceptors (Lipinski definition) is 4. The van der Waals surface area contributed by atoms with Gasteiger partial charge < -0.3 is 14.4 Å². The van der Waals surface area contributed by atoms with Gasteiger partial charge in [-0.25, -0.2) is 4.98 Å². The van der Waals surface area contributed by atoms with E-state index in [4.69, 9.17) is 14.4 Å². The predicted octanol–water partition coefficient (Wildman–Crippen LogP) is 13.9. The summed E-state index contributed by atoms with van der Waals surface area (Å²) in [6.45, 7) is 26.6. The average molecular weight is 906 g/mol. The summed E-state index contributed by atoms with van der Waals surface area (Å²) in [4.78, 5) is 14.4. The number of nitrogens with zero attached hydrogens (tertiary/aromatic N) is 3. The first-order valence-corrected chi connectivity index (χ1v) is 19.5. The fourth-order valence-electron chi connectivity index (χ4n) is 7.76. The van der Waals surface area contributed by atoms with E-state index in [9.17, 15) is 0 Å². The molecule has 4 nitrogen and oxygen atoms in total. The van der Waals surface area contributed by atoms with Crippen LogP contribution in [0.25, 0.3) is 55.8 Å². The maximum atomic E-state index is 6.54. The monoisotopic (exact) mass is 906 g/mol.